The highest BCUT2D eigenvalue weighted by Gasteiger charge is 2.27. The monoisotopic (exact) mass is 310 g/mol. The fourth-order valence-electron chi connectivity index (χ4n) is 2.28. The van der Waals surface area contributed by atoms with E-state index in [0.29, 0.717) is 22.8 Å². The lowest BCUT2D eigenvalue weighted by Gasteiger charge is -2.03. The number of ether oxygens (including phenoxy) is 3. The van der Waals surface area contributed by atoms with Crippen molar-refractivity contribution in [2.75, 3.05) is 7.11 Å². The van der Waals surface area contributed by atoms with Gasteiger partial charge in [0.05, 0.1) is 12.7 Å². The molecule has 0 N–H and O–H groups in total. The first kappa shape index (κ1) is 14.8. The summed E-state index contributed by atoms with van der Waals surface area (Å²) in [6.45, 7) is 1.31. The second-order valence-corrected chi connectivity index (χ2v) is 4.97. The summed E-state index contributed by atoms with van der Waals surface area (Å²) in [6, 6.07) is 12.0. The number of fused-ring (bicyclic) bond motifs is 1. The van der Waals surface area contributed by atoms with Crippen molar-refractivity contribution in [1.82, 2.24) is 0 Å². The number of hydrogen-bond acceptors (Lipinski definition) is 5. The van der Waals surface area contributed by atoms with E-state index in [0.717, 1.165) is 5.56 Å². The lowest BCUT2D eigenvalue weighted by atomic mass is 10.1. The predicted molar refractivity (Wildman–Crippen MR) is 83.7 cm³/mol. The number of Topliss-reactive ketones (excluding diaryl/α,β-unsaturated/α-hetero) is 1. The number of carbonyl (C=O) groups excluding carboxylic acids is 2. The Bertz CT molecular complexity index is 820. The lowest BCUT2D eigenvalue weighted by molar-refractivity contribution is -0.131. The first-order chi connectivity index (χ1) is 11.1. The van der Waals surface area contributed by atoms with Crippen LogP contribution < -0.4 is 14.2 Å². The number of hydrogen-bond donors (Lipinski definition) is 0. The quantitative estimate of drug-likeness (QED) is 0.495. The van der Waals surface area contributed by atoms with Gasteiger partial charge in [0.15, 0.2) is 5.76 Å². The third kappa shape index (κ3) is 3.08. The minimum atomic E-state index is -0.429. The van der Waals surface area contributed by atoms with Crippen LogP contribution in [0.2, 0.25) is 0 Å². The van der Waals surface area contributed by atoms with Crippen molar-refractivity contribution in [3.05, 3.63) is 59.4 Å². The van der Waals surface area contributed by atoms with Crippen molar-refractivity contribution < 1.29 is 23.8 Å². The maximum atomic E-state index is 12.4. The minimum Gasteiger partial charge on any atom is -0.497 e. The number of benzene rings is 2. The summed E-state index contributed by atoms with van der Waals surface area (Å²) >= 11 is 0. The largest absolute Gasteiger partial charge is 0.497 e. The Morgan fingerprint density at radius 2 is 1.96 bits per heavy atom. The average molecular weight is 310 g/mol. The van der Waals surface area contributed by atoms with E-state index in [1.54, 1.807) is 31.4 Å². The van der Waals surface area contributed by atoms with Crippen molar-refractivity contribution >= 4 is 17.8 Å². The smallest absolute Gasteiger partial charge is 0.308 e. The SMILES string of the molecule is COc1cccc(C=C2Oc3cc(OC(C)=O)ccc3C2=O)c1. The van der Waals surface area contributed by atoms with Crippen molar-refractivity contribution in [2.45, 2.75) is 6.92 Å². The van der Waals surface area contributed by atoms with Crippen molar-refractivity contribution in [3.63, 3.8) is 0 Å². The van der Waals surface area contributed by atoms with Crippen LogP contribution in [0.15, 0.2) is 48.2 Å². The molecule has 0 radical (unpaired) electrons. The molecule has 0 atom stereocenters. The van der Waals surface area contributed by atoms with Gasteiger partial charge in [-0.3, -0.25) is 9.59 Å². The summed E-state index contributed by atoms with van der Waals surface area (Å²) in [7, 11) is 1.58. The van der Waals surface area contributed by atoms with Gasteiger partial charge in [-0.15, -0.1) is 0 Å². The number of methoxy groups -OCH3 is 1. The molecule has 2 aromatic rings. The molecule has 1 aliphatic heterocycles. The molecule has 0 fully saturated rings. The van der Waals surface area contributed by atoms with Gasteiger partial charge in [0.1, 0.15) is 17.2 Å². The van der Waals surface area contributed by atoms with E-state index in [-0.39, 0.29) is 11.5 Å². The standard InChI is InChI=1S/C18H14O5/c1-11(19)22-14-6-7-15-16(10-14)23-17(18(15)20)9-12-4-3-5-13(8-12)21-2/h3-10H,1-2H3. The molecule has 23 heavy (non-hydrogen) atoms. The van der Waals surface area contributed by atoms with Gasteiger partial charge in [-0.2, -0.15) is 0 Å². The summed E-state index contributed by atoms with van der Waals surface area (Å²) in [6.07, 6.45) is 1.65. The Morgan fingerprint density at radius 1 is 1.13 bits per heavy atom. The van der Waals surface area contributed by atoms with Crippen LogP contribution in [0.1, 0.15) is 22.8 Å². The minimum absolute atomic E-state index is 0.211. The number of carbonyl (C=O) groups is 2. The van der Waals surface area contributed by atoms with Crippen molar-refractivity contribution in [2.24, 2.45) is 0 Å². The molecule has 0 saturated heterocycles. The highest BCUT2D eigenvalue weighted by molar-refractivity contribution is 6.14. The molecule has 3 rings (SSSR count). The van der Waals surface area contributed by atoms with E-state index in [1.165, 1.54) is 13.0 Å². The number of ketones is 1. The molecule has 1 aliphatic rings. The van der Waals surface area contributed by atoms with E-state index in [1.807, 2.05) is 18.2 Å². The molecule has 1 heterocycles. The summed E-state index contributed by atoms with van der Waals surface area (Å²) < 4.78 is 15.7. The van der Waals surface area contributed by atoms with Crippen LogP contribution >= 0.6 is 0 Å². The zero-order valence-electron chi connectivity index (χ0n) is 12.7. The molecular weight excluding hydrogens is 296 g/mol. The third-order valence-corrected chi connectivity index (χ3v) is 3.29. The molecule has 5 nitrogen and oxygen atoms in total. The highest BCUT2D eigenvalue weighted by Crippen LogP contribution is 2.35. The van der Waals surface area contributed by atoms with Crippen LogP contribution in [-0.2, 0) is 4.79 Å². The summed E-state index contributed by atoms with van der Waals surface area (Å²) in [5, 5.41) is 0. The second kappa shape index (κ2) is 5.96. The molecule has 0 unspecified atom stereocenters. The van der Waals surface area contributed by atoms with Crippen LogP contribution in [0.3, 0.4) is 0 Å². The number of esters is 1. The van der Waals surface area contributed by atoms with Crippen LogP contribution in [-0.4, -0.2) is 18.9 Å². The summed E-state index contributed by atoms with van der Waals surface area (Å²) in [4.78, 5) is 23.3. The van der Waals surface area contributed by atoms with E-state index >= 15 is 0 Å². The third-order valence-electron chi connectivity index (χ3n) is 3.29. The van der Waals surface area contributed by atoms with Gasteiger partial charge in [0.25, 0.3) is 0 Å². The molecule has 5 heteroatoms. The normalized spacial score (nSPS) is 14.3. The Kier molecular flexibility index (Phi) is 3.85. The van der Waals surface area contributed by atoms with E-state index in [4.69, 9.17) is 14.2 Å². The van der Waals surface area contributed by atoms with E-state index in [2.05, 4.69) is 0 Å². The molecule has 0 saturated carbocycles. The fourth-order valence-corrected chi connectivity index (χ4v) is 2.28. The molecule has 0 spiro atoms. The first-order valence-electron chi connectivity index (χ1n) is 6.97. The fraction of sp³-hybridized carbons (Fsp3) is 0.111. The van der Waals surface area contributed by atoms with Gasteiger partial charge in [-0.1, -0.05) is 12.1 Å². The number of rotatable bonds is 3. The average Bonchev–Trinajstić information content (AvgIpc) is 2.82. The zero-order chi connectivity index (χ0) is 16.4. The summed E-state index contributed by atoms with van der Waals surface area (Å²) in [5.74, 6) is 0.987. The predicted octanol–water partition coefficient (Wildman–Crippen LogP) is 3.24. The lowest BCUT2D eigenvalue weighted by Crippen LogP contribution is -2.01. The summed E-state index contributed by atoms with van der Waals surface area (Å²) in [5.41, 5.74) is 1.23. The Labute approximate surface area is 133 Å². The van der Waals surface area contributed by atoms with Crippen LogP contribution in [0.25, 0.3) is 6.08 Å². The molecular formula is C18H14O5. The second-order valence-electron chi connectivity index (χ2n) is 4.97. The Morgan fingerprint density at radius 3 is 2.70 bits per heavy atom. The topological polar surface area (TPSA) is 61.8 Å². The van der Waals surface area contributed by atoms with Crippen molar-refractivity contribution in [1.29, 1.82) is 0 Å². The maximum absolute atomic E-state index is 12.4. The Balaban J connectivity index is 1.90. The zero-order valence-corrected chi connectivity index (χ0v) is 12.7. The van der Waals surface area contributed by atoms with Gasteiger partial charge in [-0.05, 0) is 35.9 Å². The van der Waals surface area contributed by atoms with E-state index < -0.39 is 5.97 Å². The van der Waals surface area contributed by atoms with Crippen LogP contribution in [0.5, 0.6) is 17.2 Å². The van der Waals surface area contributed by atoms with Crippen LogP contribution in [0.4, 0.5) is 0 Å². The van der Waals surface area contributed by atoms with Crippen molar-refractivity contribution in [3.8, 4) is 17.2 Å². The van der Waals surface area contributed by atoms with Gasteiger partial charge >= 0.3 is 5.97 Å². The first-order valence-corrected chi connectivity index (χ1v) is 6.97. The number of allylic oxidation sites excluding steroid dienone is 1. The van der Waals surface area contributed by atoms with Gasteiger partial charge < -0.3 is 14.2 Å². The molecule has 0 amide bonds. The van der Waals surface area contributed by atoms with Gasteiger partial charge in [0.2, 0.25) is 5.78 Å². The molecule has 116 valence electrons. The molecule has 2 aromatic carbocycles. The molecule has 0 aliphatic carbocycles. The molecule has 0 aromatic heterocycles. The Hall–Kier alpha value is -3.08. The van der Waals surface area contributed by atoms with Crippen LogP contribution in [0, 0.1) is 0 Å². The highest BCUT2D eigenvalue weighted by atomic mass is 16.5. The van der Waals surface area contributed by atoms with E-state index in [9.17, 15) is 9.59 Å². The molecule has 0 bridgehead atoms. The van der Waals surface area contributed by atoms with Gasteiger partial charge in [0, 0.05) is 13.0 Å². The van der Waals surface area contributed by atoms with Gasteiger partial charge in [-0.25, -0.2) is 0 Å². The maximum Gasteiger partial charge on any atom is 0.308 e.